The van der Waals surface area contributed by atoms with Gasteiger partial charge in [0.05, 0.1) is 12.0 Å². The number of carbonyl (C=O) groups excluding carboxylic acids is 1. The van der Waals surface area contributed by atoms with Gasteiger partial charge in [0.1, 0.15) is 6.10 Å². The van der Waals surface area contributed by atoms with E-state index in [2.05, 4.69) is 26.8 Å². The quantitative estimate of drug-likeness (QED) is 0.455. The number of carbonyl (C=O) groups is 1. The fraction of sp³-hybridized carbons (Fsp3) is 0.524. The number of allylic oxidation sites excluding steroid dienone is 1. The Labute approximate surface area is 150 Å². The summed E-state index contributed by atoms with van der Waals surface area (Å²) < 4.78 is 5.75. The molecule has 4 heteroatoms. The first-order valence-electron chi connectivity index (χ1n) is 9.20. The lowest BCUT2D eigenvalue weighted by Crippen LogP contribution is -2.42. The van der Waals surface area contributed by atoms with Crippen molar-refractivity contribution in [3.63, 3.8) is 0 Å². The molecule has 2 aliphatic rings. The lowest BCUT2D eigenvalue weighted by atomic mass is 9.57. The third-order valence-electron chi connectivity index (χ3n) is 6.39. The van der Waals surface area contributed by atoms with Crippen LogP contribution in [-0.2, 0) is 4.74 Å². The Hall–Kier alpha value is -2.10. The van der Waals surface area contributed by atoms with Gasteiger partial charge in [-0.25, -0.2) is 9.69 Å². The number of rotatable bonds is 3. The van der Waals surface area contributed by atoms with Crippen molar-refractivity contribution in [2.75, 3.05) is 4.90 Å². The number of hydrogen-bond acceptors (Lipinski definition) is 3. The van der Waals surface area contributed by atoms with E-state index < -0.39 is 6.09 Å². The second kappa shape index (κ2) is 7.03. The number of hydrogen-bond donors (Lipinski definition) is 1. The molecule has 1 aromatic rings. The standard InChI is InChI=1S/C21H28N2O2/c1-15-9-10-17-13-19(11-12-21(17,3)16(15)2)25-20(24)23(14-22)18-7-5-4-6-8-18/h4-8,10,14-16,19,22H,9,11-13H2,1-3H3/t15?,16?,19-,21+/m0/s1. The predicted molar refractivity (Wildman–Crippen MR) is 101 cm³/mol. The van der Waals surface area contributed by atoms with E-state index in [4.69, 9.17) is 10.1 Å². The summed E-state index contributed by atoms with van der Waals surface area (Å²) in [4.78, 5) is 13.8. The molecule has 3 rings (SSSR count). The summed E-state index contributed by atoms with van der Waals surface area (Å²) in [6.45, 7) is 7.05. The second-order valence-corrected chi connectivity index (χ2v) is 7.73. The smallest absolute Gasteiger partial charge is 0.419 e. The number of ether oxygens (including phenoxy) is 1. The van der Waals surface area contributed by atoms with Crippen molar-refractivity contribution in [3.05, 3.63) is 42.0 Å². The molecule has 134 valence electrons. The van der Waals surface area contributed by atoms with E-state index in [1.165, 1.54) is 10.5 Å². The number of anilines is 1. The highest BCUT2D eigenvalue weighted by Crippen LogP contribution is 2.52. The minimum absolute atomic E-state index is 0.0985. The SMILES string of the molecule is CC1CC=C2C[C@@H](OC(=O)N(C=N)c3ccccc3)CC[C@]2(C)C1C. The van der Waals surface area contributed by atoms with E-state index in [1.807, 2.05) is 18.2 Å². The van der Waals surface area contributed by atoms with Crippen molar-refractivity contribution in [2.45, 2.75) is 52.6 Å². The maximum Gasteiger partial charge on any atom is 0.419 e. The van der Waals surface area contributed by atoms with Gasteiger partial charge >= 0.3 is 6.09 Å². The molecule has 0 aliphatic heterocycles. The first-order chi connectivity index (χ1) is 12.0. The van der Waals surface area contributed by atoms with Gasteiger partial charge in [-0.15, -0.1) is 0 Å². The molecule has 0 aromatic heterocycles. The molecule has 1 aromatic carbocycles. The summed E-state index contributed by atoms with van der Waals surface area (Å²) in [7, 11) is 0. The molecule has 0 bridgehead atoms. The van der Waals surface area contributed by atoms with Gasteiger partial charge in [-0.3, -0.25) is 5.41 Å². The molecule has 0 heterocycles. The highest BCUT2D eigenvalue weighted by molar-refractivity contribution is 6.04. The predicted octanol–water partition coefficient (Wildman–Crippen LogP) is 5.40. The van der Waals surface area contributed by atoms with Crippen LogP contribution in [0, 0.1) is 22.7 Å². The molecule has 4 atom stereocenters. The number of amides is 1. The van der Waals surface area contributed by atoms with Crippen LogP contribution in [0.3, 0.4) is 0 Å². The van der Waals surface area contributed by atoms with Gasteiger partial charge in [-0.05, 0) is 48.6 Å². The first kappa shape index (κ1) is 17.7. The van der Waals surface area contributed by atoms with Crippen molar-refractivity contribution in [2.24, 2.45) is 17.3 Å². The van der Waals surface area contributed by atoms with Crippen molar-refractivity contribution in [1.29, 1.82) is 5.41 Å². The molecular weight excluding hydrogens is 312 g/mol. The highest BCUT2D eigenvalue weighted by Gasteiger charge is 2.44. The van der Waals surface area contributed by atoms with Crippen LogP contribution in [0.15, 0.2) is 42.0 Å². The fourth-order valence-electron chi connectivity index (χ4n) is 4.32. The highest BCUT2D eigenvalue weighted by atomic mass is 16.6. The van der Waals surface area contributed by atoms with Gasteiger partial charge in [-0.2, -0.15) is 0 Å². The minimum atomic E-state index is -0.465. The van der Waals surface area contributed by atoms with Crippen LogP contribution in [0.1, 0.15) is 46.5 Å². The van der Waals surface area contributed by atoms with Crippen LogP contribution < -0.4 is 4.90 Å². The summed E-state index contributed by atoms with van der Waals surface area (Å²) >= 11 is 0. The molecule has 2 unspecified atom stereocenters. The Morgan fingerprint density at radius 1 is 1.32 bits per heavy atom. The van der Waals surface area contributed by atoms with E-state index >= 15 is 0 Å². The average molecular weight is 340 g/mol. The van der Waals surface area contributed by atoms with Gasteiger partial charge in [-0.1, -0.05) is 50.6 Å². The maximum atomic E-state index is 12.5. The molecule has 0 radical (unpaired) electrons. The zero-order valence-corrected chi connectivity index (χ0v) is 15.4. The fourth-order valence-corrected chi connectivity index (χ4v) is 4.32. The van der Waals surface area contributed by atoms with Gasteiger partial charge < -0.3 is 4.74 Å². The Balaban J connectivity index is 1.69. The van der Waals surface area contributed by atoms with Crippen molar-refractivity contribution >= 4 is 18.1 Å². The molecular formula is C21H28N2O2. The average Bonchev–Trinajstić information content (AvgIpc) is 2.62. The van der Waals surface area contributed by atoms with Crippen molar-refractivity contribution < 1.29 is 9.53 Å². The van der Waals surface area contributed by atoms with Crippen LogP contribution >= 0.6 is 0 Å². The summed E-state index contributed by atoms with van der Waals surface area (Å²) in [6, 6.07) is 9.19. The molecule has 25 heavy (non-hydrogen) atoms. The van der Waals surface area contributed by atoms with Crippen LogP contribution in [0.4, 0.5) is 10.5 Å². The molecule has 0 spiro atoms. The second-order valence-electron chi connectivity index (χ2n) is 7.73. The van der Waals surface area contributed by atoms with Gasteiger partial charge in [0, 0.05) is 6.42 Å². The monoisotopic (exact) mass is 340 g/mol. The topological polar surface area (TPSA) is 53.4 Å². The number of nitrogens with one attached hydrogen (secondary N) is 1. The molecule has 1 N–H and O–H groups in total. The van der Waals surface area contributed by atoms with Crippen LogP contribution in [0.2, 0.25) is 0 Å². The van der Waals surface area contributed by atoms with Crippen LogP contribution in [0.5, 0.6) is 0 Å². The molecule has 4 nitrogen and oxygen atoms in total. The molecule has 2 aliphatic carbocycles. The lowest BCUT2D eigenvalue weighted by molar-refractivity contribution is 0.0465. The number of para-hydroxylation sites is 1. The molecule has 1 fully saturated rings. The number of nitrogens with zero attached hydrogens (tertiary/aromatic N) is 1. The Bertz CT molecular complexity index is 670. The molecule has 1 amide bonds. The van der Waals surface area contributed by atoms with Crippen molar-refractivity contribution in [1.82, 2.24) is 0 Å². The summed E-state index contributed by atoms with van der Waals surface area (Å²) in [5.74, 6) is 1.37. The van der Waals surface area contributed by atoms with E-state index in [-0.39, 0.29) is 11.5 Å². The maximum absolute atomic E-state index is 12.5. The van der Waals surface area contributed by atoms with E-state index in [9.17, 15) is 4.79 Å². The Morgan fingerprint density at radius 3 is 2.72 bits per heavy atom. The van der Waals surface area contributed by atoms with Gasteiger partial charge in [0.25, 0.3) is 0 Å². The first-order valence-corrected chi connectivity index (χ1v) is 9.20. The van der Waals surface area contributed by atoms with E-state index in [1.54, 1.807) is 12.1 Å². The zero-order chi connectivity index (χ0) is 18.0. The third-order valence-corrected chi connectivity index (χ3v) is 6.39. The lowest BCUT2D eigenvalue weighted by Gasteiger charge is -2.48. The van der Waals surface area contributed by atoms with E-state index in [0.717, 1.165) is 32.0 Å². The third kappa shape index (κ3) is 3.35. The van der Waals surface area contributed by atoms with Crippen molar-refractivity contribution in [3.8, 4) is 0 Å². The normalized spacial score (nSPS) is 31.5. The van der Waals surface area contributed by atoms with E-state index in [0.29, 0.717) is 17.5 Å². The molecule has 1 saturated carbocycles. The largest absolute Gasteiger partial charge is 0.445 e. The minimum Gasteiger partial charge on any atom is -0.445 e. The van der Waals surface area contributed by atoms with Crippen LogP contribution in [-0.4, -0.2) is 18.5 Å². The Kier molecular flexibility index (Phi) is 4.98. The Morgan fingerprint density at radius 2 is 2.04 bits per heavy atom. The van der Waals surface area contributed by atoms with Gasteiger partial charge in [0.2, 0.25) is 0 Å². The summed E-state index contributed by atoms with van der Waals surface area (Å²) in [5, 5.41) is 7.56. The number of benzene rings is 1. The number of fused-ring (bicyclic) bond motifs is 1. The molecule has 0 saturated heterocycles. The van der Waals surface area contributed by atoms with Gasteiger partial charge in [0.15, 0.2) is 0 Å². The summed E-state index contributed by atoms with van der Waals surface area (Å²) in [6.07, 6.45) is 6.70. The zero-order valence-electron chi connectivity index (χ0n) is 15.4. The van der Waals surface area contributed by atoms with Crippen LogP contribution in [0.25, 0.3) is 0 Å². The summed E-state index contributed by atoms with van der Waals surface area (Å²) in [5.41, 5.74) is 2.34.